The molecule has 1 atom stereocenters. The van der Waals surface area contributed by atoms with Crippen molar-refractivity contribution < 1.29 is 4.74 Å². The number of hydrogen-bond donors (Lipinski definition) is 1. The molecular formula is C23H29N3O. The van der Waals surface area contributed by atoms with E-state index in [9.17, 15) is 0 Å². The average molecular weight is 364 g/mol. The molecule has 0 radical (unpaired) electrons. The second-order valence-corrected chi connectivity index (χ2v) is 7.76. The summed E-state index contributed by atoms with van der Waals surface area (Å²) in [6.45, 7) is 3.19. The molecule has 0 aliphatic heterocycles. The van der Waals surface area contributed by atoms with Gasteiger partial charge < -0.3 is 9.72 Å². The lowest BCUT2D eigenvalue weighted by molar-refractivity contribution is 0.252. The van der Waals surface area contributed by atoms with Crippen molar-refractivity contribution in [2.45, 2.75) is 51.1 Å². The van der Waals surface area contributed by atoms with Gasteiger partial charge in [-0.15, -0.1) is 0 Å². The number of nitrogens with one attached hydrogen (secondary N) is 1. The normalized spacial score (nSPS) is 16.3. The van der Waals surface area contributed by atoms with Crippen LogP contribution in [-0.2, 0) is 6.54 Å². The Labute approximate surface area is 161 Å². The number of fused-ring (bicyclic) bond motifs is 1. The van der Waals surface area contributed by atoms with E-state index in [1.54, 1.807) is 7.11 Å². The molecule has 1 aliphatic rings. The van der Waals surface area contributed by atoms with Gasteiger partial charge in [0.15, 0.2) is 0 Å². The molecule has 1 aromatic carbocycles. The highest BCUT2D eigenvalue weighted by molar-refractivity contribution is 5.81. The molecule has 142 valence electrons. The van der Waals surface area contributed by atoms with Crippen LogP contribution in [0.3, 0.4) is 0 Å². The quantitative estimate of drug-likeness (QED) is 0.635. The van der Waals surface area contributed by atoms with Gasteiger partial charge in [-0.2, -0.15) is 0 Å². The summed E-state index contributed by atoms with van der Waals surface area (Å²) in [5, 5.41) is 1.27. The maximum absolute atomic E-state index is 5.29. The molecule has 27 heavy (non-hydrogen) atoms. The van der Waals surface area contributed by atoms with Crippen molar-refractivity contribution in [1.82, 2.24) is 14.9 Å². The monoisotopic (exact) mass is 363 g/mol. The van der Waals surface area contributed by atoms with Crippen molar-refractivity contribution in [2.24, 2.45) is 0 Å². The molecule has 1 fully saturated rings. The highest BCUT2D eigenvalue weighted by Crippen LogP contribution is 2.38. The summed E-state index contributed by atoms with van der Waals surface area (Å²) in [4.78, 5) is 10.7. The Bertz CT molecular complexity index is 894. The maximum Gasteiger partial charge on any atom is 0.137 e. The Kier molecular flexibility index (Phi) is 5.17. The zero-order valence-corrected chi connectivity index (χ0v) is 16.5. The van der Waals surface area contributed by atoms with Gasteiger partial charge >= 0.3 is 0 Å². The van der Waals surface area contributed by atoms with E-state index in [0.717, 1.165) is 17.9 Å². The molecule has 1 saturated carbocycles. The van der Waals surface area contributed by atoms with Gasteiger partial charge in [0.1, 0.15) is 11.4 Å². The fourth-order valence-electron chi connectivity index (χ4n) is 4.35. The SMILES string of the molecule is COc1ccc([C@@H](C)N(C)Cc2c(C3CCCC3)[nH]c3ncccc23)cc1. The third-order valence-electron chi connectivity index (χ3n) is 6.14. The van der Waals surface area contributed by atoms with Gasteiger partial charge in [0, 0.05) is 29.9 Å². The van der Waals surface area contributed by atoms with E-state index in [4.69, 9.17) is 4.74 Å². The van der Waals surface area contributed by atoms with Gasteiger partial charge in [-0.05, 0) is 68.1 Å². The van der Waals surface area contributed by atoms with Gasteiger partial charge in [0.05, 0.1) is 7.11 Å². The first-order valence-corrected chi connectivity index (χ1v) is 9.97. The van der Waals surface area contributed by atoms with E-state index >= 15 is 0 Å². The minimum Gasteiger partial charge on any atom is -0.497 e. The largest absolute Gasteiger partial charge is 0.497 e. The van der Waals surface area contributed by atoms with E-state index in [1.807, 2.05) is 24.4 Å². The van der Waals surface area contributed by atoms with Crippen LogP contribution in [0, 0.1) is 0 Å². The zero-order chi connectivity index (χ0) is 18.8. The number of hydrogen-bond acceptors (Lipinski definition) is 3. The molecule has 2 aromatic heterocycles. The van der Waals surface area contributed by atoms with Crippen LogP contribution in [0.5, 0.6) is 5.75 Å². The van der Waals surface area contributed by atoms with Gasteiger partial charge in [-0.1, -0.05) is 25.0 Å². The minimum absolute atomic E-state index is 0.328. The fraction of sp³-hybridized carbons (Fsp3) is 0.435. The van der Waals surface area contributed by atoms with E-state index < -0.39 is 0 Å². The second-order valence-electron chi connectivity index (χ2n) is 7.76. The standard InChI is InChI=1S/C23H29N3O/c1-16(17-10-12-19(27-3)13-11-17)26(2)15-21-20-9-6-14-24-23(20)25-22(21)18-7-4-5-8-18/h6,9-14,16,18H,4-5,7-8,15H2,1-3H3,(H,24,25)/t16-/m1/s1. The first-order chi connectivity index (χ1) is 13.2. The molecule has 0 spiro atoms. The number of methoxy groups -OCH3 is 1. The molecule has 0 unspecified atom stereocenters. The van der Waals surface area contributed by atoms with Crippen molar-refractivity contribution >= 4 is 11.0 Å². The number of rotatable bonds is 6. The van der Waals surface area contributed by atoms with Crippen molar-refractivity contribution in [3.63, 3.8) is 0 Å². The molecule has 4 heteroatoms. The number of H-pyrrole nitrogens is 1. The zero-order valence-electron chi connectivity index (χ0n) is 16.5. The summed E-state index contributed by atoms with van der Waals surface area (Å²) in [6.07, 6.45) is 7.13. The lowest BCUT2D eigenvalue weighted by Gasteiger charge is -2.26. The van der Waals surface area contributed by atoms with Gasteiger partial charge in [0.25, 0.3) is 0 Å². The summed E-state index contributed by atoms with van der Waals surface area (Å²) < 4.78 is 5.29. The lowest BCUT2D eigenvalue weighted by Crippen LogP contribution is -2.22. The number of aromatic nitrogens is 2. The van der Waals surface area contributed by atoms with E-state index in [-0.39, 0.29) is 0 Å². The minimum atomic E-state index is 0.328. The Morgan fingerprint density at radius 1 is 1.19 bits per heavy atom. The molecule has 4 rings (SSSR count). The predicted molar refractivity (Wildman–Crippen MR) is 110 cm³/mol. The van der Waals surface area contributed by atoms with Crippen LogP contribution >= 0.6 is 0 Å². The van der Waals surface area contributed by atoms with Gasteiger partial charge in [-0.25, -0.2) is 4.98 Å². The third-order valence-corrected chi connectivity index (χ3v) is 6.14. The summed E-state index contributed by atoms with van der Waals surface area (Å²) in [7, 11) is 3.92. The lowest BCUT2D eigenvalue weighted by atomic mass is 9.98. The van der Waals surface area contributed by atoms with Gasteiger partial charge in [-0.3, -0.25) is 4.90 Å². The van der Waals surface area contributed by atoms with Crippen molar-refractivity contribution in [1.29, 1.82) is 0 Å². The smallest absolute Gasteiger partial charge is 0.137 e. The number of ether oxygens (including phenoxy) is 1. The third kappa shape index (κ3) is 3.59. The Balaban J connectivity index is 1.62. The van der Waals surface area contributed by atoms with Crippen molar-refractivity contribution in [2.75, 3.05) is 14.2 Å². The van der Waals surface area contributed by atoms with E-state index in [1.165, 1.54) is 47.9 Å². The summed E-state index contributed by atoms with van der Waals surface area (Å²) >= 11 is 0. The Hall–Kier alpha value is -2.33. The maximum atomic E-state index is 5.29. The molecule has 1 N–H and O–H groups in total. The fourth-order valence-corrected chi connectivity index (χ4v) is 4.35. The molecule has 4 nitrogen and oxygen atoms in total. The number of benzene rings is 1. The predicted octanol–water partition coefficient (Wildman–Crippen LogP) is 5.42. The van der Waals surface area contributed by atoms with Crippen LogP contribution in [0.4, 0.5) is 0 Å². The number of aromatic amines is 1. The first-order valence-electron chi connectivity index (χ1n) is 9.97. The van der Waals surface area contributed by atoms with Gasteiger partial charge in [0.2, 0.25) is 0 Å². The molecule has 3 aromatic rings. The highest BCUT2D eigenvalue weighted by atomic mass is 16.5. The van der Waals surface area contributed by atoms with Crippen LogP contribution in [0.2, 0.25) is 0 Å². The van der Waals surface area contributed by atoms with Crippen molar-refractivity contribution in [3.8, 4) is 5.75 Å². The number of nitrogens with zero attached hydrogens (tertiary/aromatic N) is 2. The van der Waals surface area contributed by atoms with Crippen LogP contribution in [0.25, 0.3) is 11.0 Å². The topological polar surface area (TPSA) is 41.1 Å². The van der Waals surface area contributed by atoms with Crippen LogP contribution in [0.15, 0.2) is 42.6 Å². The second kappa shape index (κ2) is 7.73. The Morgan fingerprint density at radius 3 is 2.63 bits per heavy atom. The summed E-state index contributed by atoms with van der Waals surface area (Å²) in [5.74, 6) is 1.55. The van der Waals surface area contributed by atoms with Crippen LogP contribution < -0.4 is 4.74 Å². The van der Waals surface area contributed by atoms with Crippen molar-refractivity contribution in [3.05, 3.63) is 59.4 Å². The number of pyridine rings is 1. The summed E-state index contributed by atoms with van der Waals surface area (Å²) in [6, 6.07) is 13.0. The highest BCUT2D eigenvalue weighted by Gasteiger charge is 2.25. The molecule has 1 aliphatic carbocycles. The average Bonchev–Trinajstić information content (AvgIpc) is 3.36. The van der Waals surface area contributed by atoms with Crippen LogP contribution in [-0.4, -0.2) is 29.0 Å². The van der Waals surface area contributed by atoms with Crippen LogP contribution in [0.1, 0.15) is 61.4 Å². The molecule has 0 saturated heterocycles. The Morgan fingerprint density at radius 2 is 1.93 bits per heavy atom. The molecule has 2 heterocycles. The van der Waals surface area contributed by atoms with E-state index in [0.29, 0.717) is 12.0 Å². The first kappa shape index (κ1) is 18.1. The summed E-state index contributed by atoms with van der Waals surface area (Å²) in [5.41, 5.74) is 5.17. The molecule has 0 bridgehead atoms. The van der Waals surface area contributed by atoms with E-state index in [2.05, 4.69) is 47.0 Å². The molecule has 0 amide bonds. The molecular weight excluding hydrogens is 334 g/mol.